The van der Waals surface area contributed by atoms with Crippen LogP contribution in [0.15, 0.2) is 48.5 Å². The second kappa shape index (κ2) is 10.8. The molecule has 2 aromatic rings. The number of nitrogens with one attached hydrogen (secondary N) is 1. The van der Waals surface area contributed by atoms with Crippen LogP contribution in [-0.2, 0) is 16.1 Å². The number of nitrogens with zero attached hydrogens (tertiary/aromatic N) is 1. The van der Waals surface area contributed by atoms with E-state index in [2.05, 4.69) is 10.2 Å². The predicted molar refractivity (Wildman–Crippen MR) is 117 cm³/mol. The molecule has 0 saturated carbocycles. The molecule has 2 aromatic carbocycles. The lowest BCUT2D eigenvalue weighted by atomic mass is 9.92. The van der Waals surface area contributed by atoms with E-state index in [4.69, 9.17) is 9.47 Å². The van der Waals surface area contributed by atoms with Gasteiger partial charge in [-0.1, -0.05) is 18.2 Å². The van der Waals surface area contributed by atoms with Crippen molar-refractivity contribution in [2.45, 2.75) is 32.2 Å². The molecule has 160 valence electrons. The van der Waals surface area contributed by atoms with Gasteiger partial charge in [-0.15, -0.1) is 0 Å². The number of ether oxygens (including phenoxy) is 2. The fourth-order valence-corrected chi connectivity index (χ4v) is 3.82. The van der Waals surface area contributed by atoms with Gasteiger partial charge in [0.25, 0.3) is 0 Å². The number of carbonyl (C=O) groups is 2. The zero-order valence-electron chi connectivity index (χ0n) is 17.7. The van der Waals surface area contributed by atoms with Gasteiger partial charge in [-0.25, -0.2) is 4.79 Å². The molecule has 0 aliphatic carbocycles. The Labute approximate surface area is 178 Å². The van der Waals surface area contributed by atoms with Crippen LogP contribution in [0, 0.1) is 5.92 Å². The minimum Gasteiger partial charge on any atom is -0.497 e. The van der Waals surface area contributed by atoms with Gasteiger partial charge in [0, 0.05) is 24.7 Å². The van der Waals surface area contributed by atoms with Crippen molar-refractivity contribution in [2.24, 2.45) is 5.92 Å². The number of likely N-dealkylation sites (tertiary alicyclic amines) is 1. The minimum absolute atomic E-state index is 0.0522. The molecule has 30 heavy (non-hydrogen) atoms. The number of amides is 1. The number of piperidine rings is 1. The van der Waals surface area contributed by atoms with Gasteiger partial charge in [-0.2, -0.15) is 0 Å². The maximum absolute atomic E-state index is 12.3. The van der Waals surface area contributed by atoms with Crippen molar-refractivity contribution in [3.8, 4) is 5.75 Å². The van der Waals surface area contributed by atoms with Gasteiger partial charge < -0.3 is 14.8 Å². The molecule has 6 nitrogen and oxygen atoms in total. The highest BCUT2D eigenvalue weighted by Gasteiger charge is 2.20. The van der Waals surface area contributed by atoms with Crippen LogP contribution in [0.5, 0.6) is 5.75 Å². The molecule has 6 heteroatoms. The van der Waals surface area contributed by atoms with E-state index < -0.39 is 0 Å². The summed E-state index contributed by atoms with van der Waals surface area (Å²) in [7, 11) is 3.01. The lowest BCUT2D eigenvalue weighted by molar-refractivity contribution is -0.116. The van der Waals surface area contributed by atoms with Gasteiger partial charge >= 0.3 is 5.97 Å². The number of carbonyl (C=O) groups excluding carboxylic acids is 2. The van der Waals surface area contributed by atoms with Crippen LogP contribution in [0.1, 0.15) is 41.6 Å². The smallest absolute Gasteiger partial charge is 0.337 e. The lowest BCUT2D eigenvalue weighted by Crippen LogP contribution is -2.33. The summed E-state index contributed by atoms with van der Waals surface area (Å²) < 4.78 is 9.93. The van der Waals surface area contributed by atoms with E-state index in [1.807, 2.05) is 48.5 Å². The molecular weight excluding hydrogens is 380 g/mol. The van der Waals surface area contributed by atoms with Gasteiger partial charge in [0.1, 0.15) is 5.75 Å². The molecule has 1 N–H and O–H groups in total. The number of methoxy groups -OCH3 is 2. The van der Waals surface area contributed by atoms with Gasteiger partial charge in [-0.3, -0.25) is 9.69 Å². The van der Waals surface area contributed by atoms with Crippen molar-refractivity contribution in [1.29, 1.82) is 0 Å². The molecule has 1 heterocycles. The number of benzene rings is 2. The lowest BCUT2D eigenvalue weighted by Gasteiger charge is -2.32. The molecule has 1 aliphatic heterocycles. The van der Waals surface area contributed by atoms with Crippen LogP contribution >= 0.6 is 0 Å². The van der Waals surface area contributed by atoms with Crippen molar-refractivity contribution in [3.05, 3.63) is 59.7 Å². The third-order valence-electron chi connectivity index (χ3n) is 5.62. The first kappa shape index (κ1) is 21.8. The highest BCUT2D eigenvalue weighted by molar-refractivity contribution is 5.91. The van der Waals surface area contributed by atoms with Gasteiger partial charge in [0.15, 0.2) is 0 Å². The Morgan fingerprint density at radius 1 is 1.07 bits per heavy atom. The quantitative estimate of drug-likeness (QED) is 0.663. The molecule has 1 fully saturated rings. The summed E-state index contributed by atoms with van der Waals surface area (Å²) in [5.74, 6) is 1.06. The van der Waals surface area contributed by atoms with Gasteiger partial charge in [-0.05, 0) is 68.1 Å². The topological polar surface area (TPSA) is 67.9 Å². The molecule has 0 unspecified atom stereocenters. The Kier molecular flexibility index (Phi) is 7.85. The largest absolute Gasteiger partial charge is 0.497 e. The Bertz CT molecular complexity index is 843. The number of hydrogen-bond acceptors (Lipinski definition) is 5. The summed E-state index contributed by atoms with van der Waals surface area (Å²) >= 11 is 0. The van der Waals surface area contributed by atoms with Crippen LogP contribution < -0.4 is 10.1 Å². The molecule has 3 rings (SSSR count). The summed E-state index contributed by atoms with van der Waals surface area (Å²) in [6.45, 7) is 2.94. The van der Waals surface area contributed by atoms with E-state index in [1.54, 1.807) is 7.11 Å². The van der Waals surface area contributed by atoms with Gasteiger partial charge in [0.2, 0.25) is 5.91 Å². The van der Waals surface area contributed by atoms with Crippen molar-refractivity contribution < 1.29 is 19.1 Å². The summed E-state index contributed by atoms with van der Waals surface area (Å²) in [5, 5.41) is 2.95. The zero-order chi connectivity index (χ0) is 21.3. The molecule has 0 aromatic heterocycles. The van der Waals surface area contributed by atoms with E-state index in [-0.39, 0.29) is 11.9 Å². The average Bonchev–Trinajstić information content (AvgIpc) is 2.78. The first-order chi connectivity index (χ1) is 14.6. The van der Waals surface area contributed by atoms with Crippen LogP contribution in [-0.4, -0.2) is 44.1 Å². The summed E-state index contributed by atoms with van der Waals surface area (Å²) in [5.41, 5.74) is 2.54. The third-order valence-corrected chi connectivity index (χ3v) is 5.62. The second-order valence-corrected chi connectivity index (χ2v) is 7.73. The molecule has 1 aliphatic rings. The molecular formula is C24H30N2O4. The summed E-state index contributed by atoms with van der Waals surface area (Å²) in [6, 6.07) is 15.0. The van der Waals surface area contributed by atoms with Crippen molar-refractivity contribution >= 4 is 17.6 Å². The Hall–Kier alpha value is -2.86. The fourth-order valence-electron chi connectivity index (χ4n) is 3.82. The molecule has 0 spiro atoms. The average molecular weight is 411 g/mol. The number of rotatable bonds is 8. The van der Waals surface area contributed by atoms with E-state index in [0.29, 0.717) is 17.9 Å². The zero-order valence-corrected chi connectivity index (χ0v) is 17.7. The number of hydrogen-bond donors (Lipinski definition) is 1. The predicted octanol–water partition coefficient (Wildman–Crippen LogP) is 4.11. The van der Waals surface area contributed by atoms with E-state index in [0.717, 1.165) is 50.3 Å². The first-order valence-electron chi connectivity index (χ1n) is 10.4. The summed E-state index contributed by atoms with van der Waals surface area (Å²) in [6.07, 6.45) is 3.66. The second-order valence-electron chi connectivity index (χ2n) is 7.73. The van der Waals surface area contributed by atoms with Crippen LogP contribution in [0.4, 0.5) is 5.69 Å². The minimum atomic E-state index is -0.308. The van der Waals surface area contributed by atoms with E-state index in [1.165, 1.54) is 12.7 Å². The fraction of sp³-hybridized carbons (Fsp3) is 0.417. The monoisotopic (exact) mass is 410 g/mol. The van der Waals surface area contributed by atoms with Crippen molar-refractivity contribution in [1.82, 2.24) is 4.90 Å². The maximum atomic E-state index is 12.3. The van der Waals surface area contributed by atoms with Crippen LogP contribution in [0.25, 0.3) is 0 Å². The normalized spacial score (nSPS) is 14.9. The summed E-state index contributed by atoms with van der Waals surface area (Å²) in [4.78, 5) is 26.2. The molecule has 0 atom stereocenters. The molecule has 1 amide bonds. The van der Waals surface area contributed by atoms with E-state index >= 15 is 0 Å². The first-order valence-corrected chi connectivity index (χ1v) is 10.4. The third kappa shape index (κ3) is 6.32. The van der Waals surface area contributed by atoms with Gasteiger partial charge in [0.05, 0.1) is 19.8 Å². The maximum Gasteiger partial charge on any atom is 0.337 e. The van der Waals surface area contributed by atoms with Crippen LogP contribution in [0.2, 0.25) is 0 Å². The molecule has 0 bridgehead atoms. The molecule has 0 radical (unpaired) electrons. The molecule has 1 saturated heterocycles. The Morgan fingerprint density at radius 2 is 1.80 bits per heavy atom. The number of anilines is 1. The Balaban J connectivity index is 1.38. The Morgan fingerprint density at radius 3 is 2.47 bits per heavy atom. The van der Waals surface area contributed by atoms with E-state index in [9.17, 15) is 9.59 Å². The van der Waals surface area contributed by atoms with Crippen molar-refractivity contribution in [3.63, 3.8) is 0 Å². The highest BCUT2D eigenvalue weighted by Crippen LogP contribution is 2.24. The standard InChI is InChI=1S/C24H30N2O4/c1-29-22-5-3-4-21(16-22)25-23(27)11-8-18-12-14-26(15-13-18)17-19-6-9-20(10-7-19)24(28)30-2/h3-7,9-10,16,18H,8,11-15,17H2,1-2H3,(H,25,27). The van der Waals surface area contributed by atoms with Crippen molar-refractivity contribution in [2.75, 3.05) is 32.6 Å². The van der Waals surface area contributed by atoms with Crippen LogP contribution in [0.3, 0.4) is 0 Å². The number of esters is 1. The highest BCUT2D eigenvalue weighted by atomic mass is 16.5. The SMILES string of the molecule is COC(=O)c1ccc(CN2CCC(CCC(=O)Nc3cccc(OC)c3)CC2)cc1.